The fourth-order valence-corrected chi connectivity index (χ4v) is 8.58. The van der Waals surface area contributed by atoms with Crippen molar-refractivity contribution >= 4 is 0 Å². The average Bonchev–Trinajstić information content (AvgIpc) is 3.03. The summed E-state index contributed by atoms with van der Waals surface area (Å²) in [7, 11) is 0. The van der Waals surface area contributed by atoms with E-state index >= 15 is 0 Å². The van der Waals surface area contributed by atoms with E-state index in [0.717, 1.165) is 43.4 Å². The maximum absolute atomic E-state index is 11.0. The normalized spacial score (nSPS) is 46.5. The van der Waals surface area contributed by atoms with Crippen LogP contribution in [0.15, 0.2) is 11.6 Å². The van der Waals surface area contributed by atoms with Crippen LogP contribution < -0.4 is 0 Å². The van der Waals surface area contributed by atoms with E-state index in [1.165, 1.54) is 38.5 Å². The zero-order chi connectivity index (χ0) is 21.0. The molecule has 3 fully saturated rings. The van der Waals surface area contributed by atoms with Crippen LogP contribution in [0.4, 0.5) is 0 Å². The van der Waals surface area contributed by atoms with Crippen LogP contribution >= 0.6 is 0 Å². The summed E-state index contributed by atoms with van der Waals surface area (Å²) in [5, 5.41) is 21.2. The molecule has 4 aliphatic carbocycles. The topological polar surface area (TPSA) is 40.5 Å². The molecule has 3 saturated carbocycles. The van der Waals surface area contributed by atoms with E-state index in [2.05, 4.69) is 40.7 Å². The summed E-state index contributed by atoms with van der Waals surface area (Å²) in [5.41, 5.74) is 2.33. The minimum absolute atomic E-state index is 0.108. The highest BCUT2D eigenvalue weighted by Gasteiger charge is 2.59. The highest BCUT2D eigenvalue weighted by Crippen LogP contribution is 2.67. The van der Waals surface area contributed by atoms with Gasteiger partial charge in [-0.25, -0.2) is 0 Å². The first-order valence-electron chi connectivity index (χ1n) is 12.7. The van der Waals surface area contributed by atoms with Gasteiger partial charge >= 0.3 is 0 Å². The molecule has 0 aliphatic heterocycles. The van der Waals surface area contributed by atoms with Crippen molar-refractivity contribution in [1.29, 1.82) is 0 Å². The second kappa shape index (κ2) is 7.97. The van der Waals surface area contributed by atoms with Crippen LogP contribution in [0.1, 0.15) is 98.8 Å². The van der Waals surface area contributed by atoms with Gasteiger partial charge in [0.2, 0.25) is 0 Å². The average molecular weight is 403 g/mol. The maximum Gasteiger partial charge on any atom is 0.0577 e. The van der Waals surface area contributed by atoms with E-state index in [1.54, 1.807) is 5.57 Å². The first-order chi connectivity index (χ1) is 13.7. The highest BCUT2D eigenvalue weighted by molar-refractivity contribution is 5.25. The number of fused-ring (bicyclic) bond motifs is 5. The summed E-state index contributed by atoms with van der Waals surface area (Å²) in [6, 6.07) is 0. The zero-order valence-electron chi connectivity index (χ0n) is 19.7. The summed E-state index contributed by atoms with van der Waals surface area (Å²) < 4.78 is 0. The van der Waals surface area contributed by atoms with Crippen molar-refractivity contribution < 1.29 is 10.2 Å². The molecule has 166 valence electrons. The van der Waals surface area contributed by atoms with Crippen molar-refractivity contribution in [2.75, 3.05) is 0 Å². The summed E-state index contributed by atoms with van der Waals surface area (Å²) in [4.78, 5) is 0. The molecule has 2 heteroatoms. The van der Waals surface area contributed by atoms with Crippen molar-refractivity contribution in [1.82, 2.24) is 0 Å². The van der Waals surface area contributed by atoms with Gasteiger partial charge in [-0.05, 0) is 111 Å². The maximum atomic E-state index is 11.0. The molecule has 0 aromatic rings. The van der Waals surface area contributed by atoms with Gasteiger partial charge in [-0.2, -0.15) is 0 Å². The Hall–Kier alpha value is -0.340. The van der Waals surface area contributed by atoms with Gasteiger partial charge in [0.15, 0.2) is 0 Å². The number of rotatable bonds is 5. The summed E-state index contributed by atoms with van der Waals surface area (Å²) in [6.45, 7) is 12.0. The van der Waals surface area contributed by atoms with Gasteiger partial charge in [0.1, 0.15) is 0 Å². The van der Waals surface area contributed by atoms with E-state index in [9.17, 15) is 10.2 Å². The Morgan fingerprint density at radius 1 is 1.00 bits per heavy atom. The minimum atomic E-state index is -0.133. The highest BCUT2D eigenvalue weighted by atomic mass is 16.3. The van der Waals surface area contributed by atoms with Gasteiger partial charge in [-0.15, -0.1) is 0 Å². The predicted octanol–water partition coefficient (Wildman–Crippen LogP) is 6.36. The van der Waals surface area contributed by atoms with Crippen molar-refractivity contribution in [3.63, 3.8) is 0 Å². The molecule has 0 bridgehead atoms. The monoisotopic (exact) mass is 402 g/mol. The number of hydrogen-bond donors (Lipinski definition) is 2. The fourth-order valence-electron chi connectivity index (χ4n) is 8.58. The van der Waals surface area contributed by atoms with Crippen LogP contribution in [0, 0.1) is 46.3 Å². The lowest BCUT2D eigenvalue weighted by molar-refractivity contribution is -0.0681. The van der Waals surface area contributed by atoms with Crippen LogP contribution in [0.5, 0.6) is 0 Å². The number of allylic oxidation sites excluding steroid dienone is 1. The van der Waals surface area contributed by atoms with Gasteiger partial charge in [-0.3, -0.25) is 0 Å². The van der Waals surface area contributed by atoms with Gasteiger partial charge in [0.05, 0.1) is 12.2 Å². The third-order valence-corrected chi connectivity index (χ3v) is 10.4. The van der Waals surface area contributed by atoms with Crippen LogP contribution in [-0.4, -0.2) is 22.4 Å². The SMILES string of the molecule is CC(C)CCC(O)C(C)[C@H]1CC[C@H]2[C@@H]3CC=C4CC(O)CC[C@]4(C)[C@H]3CC[C@]12C. The van der Waals surface area contributed by atoms with Crippen molar-refractivity contribution in [3.8, 4) is 0 Å². The molecular formula is C27H46O2. The molecule has 4 rings (SSSR count). The Labute approximate surface area is 179 Å². The molecular weight excluding hydrogens is 356 g/mol. The van der Waals surface area contributed by atoms with Crippen LogP contribution in [0.25, 0.3) is 0 Å². The Morgan fingerprint density at radius 3 is 2.48 bits per heavy atom. The standard InChI is InChI=1S/C27H46O2/c1-17(2)6-11-25(29)18(3)22-9-10-23-21-8-7-19-16-20(28)12-14-26(19,4)24(21)13-15-27(22,23)5/h7,17-18,20-25,28-29H,6,8-16H2,1-5H3/t18?,20?,21-,22+,23-,24-,25?,26-,27+/m0/s1. The first-order valence-corrected chi connectivity index (χ1v) is 12.7. The molecule has 2 nitrogen and oxygen atoms in total. The van der Waals surface area contributed by atoms with E-state index in [0.29, 0.717) is 28.6 Å². The quantitative estimate of drug-likeness (QED) is 0.525. The lowest BCUT2D eigenvalue weighted by atomic mass is 9.47. The van der Waals surface area contributed by atoms with Gasteiger partial charge in [-0.1, -0.05) is 46.3 Å². The van der Waals surface area contributed by atoms with Crippen LogP contribution in [0.2, 0.25) is 0 Å². The zero-order valence-corrected chi connectivity index (χ0v) is 19.7. The lowest BCUT2D eigenvalue weighted by Crippen LogP contribution is -2.51. The Bertz CT molecular complexity index is 624. The van der Waals surface area contributed by atoms with Crippen molar-refractivity contribution in [3.05, 3.63) is 11.6 Å². The lowest BCUT2D eigenvalue weighted by Gasteiger charge is -2.58. The van der Waals surface area contributed by atoms with Gasteiger partial charge < -0.3 is 10.2 Å². The second-order valence-electron chi connectivity index (χ2n) is 12.3. The molecule has 29 heavy (non-hydrogen) atoms. The van der Waals surface area contributed by atoms with Crippen LogP contribution in [-0.2, 0) is 0 Å². The smallest absolute Gasteiger partial charge is 0.0577 e. The molecule has 0 heterocycles. The van der Waals surface area contributed by atoms with Gasteiger partial charge in [0, 0.05) is 0 Å². The third-order valence-electron chi connectivity index (χ3n) is 10.4. The molecule has 0 amide bonds. The molecule has 0 spiro atoms. The number of hydrogen-bond acceptors (Lipinski definition) is 2. The Balaban J connectivity index is 1.51. The Kier molecular flexibility index (Phi) is 6.01. The minimum Gasteiger partial charge on any atom is -0.393 e. The largest absolute Gasteiger partial charge is 0.393 e. The second-order valence-corrected chi connectivity index (χ2v) is 12.3. The molecule has 0 radical (unpaired) electrons. The molecule has 9 atom stereocenters. The van der Waals surface area contributed by atoms with E-state index in [-0.39, 0.29) is 12.2 Å². The number of aliphatic hydroxyl groups is 2. The number of aliphatic hydroxyl groups excluding tert-OH is 2. The van der Waals surface area contributed by atoms with Crippen LogP contribution in [0.3, 0.4) is 0 Å². The summed E-state index contributed by atoms with van der Waals surface area (Å²) in [5.74, 6) is 4.25. The Morgan fingerprint density at radius 2 is 1.76 bits per heavy atom. The summed E-state index contributed by atoms with van der Waals surface area (Å²) >= 11 is 0. The summed E-state index contributed by atoms with van der Waals surface area (Å²) in [6.07, 6.45) is 14.1. The molecule has 0 aromatic carbocycles. The first kappa shape index (κ1) is 21.9. The van der Waals surface area contributed by atoms with Crippen molar-refractivity contribution in [2.24, 2.45) is 46.3 Å². The predicted molar refractivity (Wildman–Crippen MR) is 120 cm³/mol. The van der Waals surface area contributed by atoms with E-state index < -0.39 is 0 Å². The van der Waals surface area contributed by atoms with E-state index in [4.69, 9.17) is 0 Å². The third kappa shape index (κ3) is 3.65. The molecule has 0 saturated heterocycles. The molecule has 3 unspecified atom stereocenters. The fraction of sp³-hybridized carbons (Fsp3) is 0.926. The molecule has 4 aliphatic rings. The van der Waals surface area contributed by atoms with E-state index in [1.807, 2.05) is 0 Å². The van der Waals surface area contributed by atoms with Gasteiger partial charge in [0.25, 0.3) is 0 Å². The molecule has 2 N–H and O–H groups in total. The molecule has 0 aromatic heterocycles. The van der Waals surface area contributed by atoms with Crippen molar-refractivity contribution in [2.45, 2.75) is 111 Å².